The Kier molecular flexibility index (Phi) is 6.93. The summed E-state index contributed by atoms with van der Waals surface area (Å²) >= 11 is 0. The number of aromatic nitrogens is 3. The van der Waals surface area contributed by atoms with Crippen molar-refractivity contribution in [2.24, 2.45) is 0 Å². The van der Waals surface area contributed by atoms with E-state index >= 15 is 0 Å². The molecule has 0 amide bonds. The third-order valence-corrected chi connectivity index (χ3v) is 11.8. The van der Waals surface area contributed by atoms with Gasteiger partial charge >= 0.3 is 0 Å². The average Bonchev–Trinajstić information content (AvgIpc) is 3.93. The van der Waals surface area contributed by atoms with E-state index in [9.17, 15) is 0 Å². The summed E-state index contributed by atoms with van der Waals surface area (Å²) in [5, 5.41) is 7.45. The highest BCUT2D eigenvalue weighted by Crippen LogP contribution is 2.44. The van der Waals surface area contributed by atoms with Gasteiger partial charge in [0.2, 0.25) is 0 Å². The zero-order valence-electron chi connectivity index (χ0n) is 31.0. The fourth-order valence-electron chi connectivity index (χ4n) is 9.39. The highest BCUT2D eigenvalue weighted by atomic mass is 15.0. The van der Waals surface area contributed by atoms with Crippen molar-refractivity contribution in [2.45, 2.75) is 0 Å². The van der Waals surface area contributed by atoms with E-state index in [0.717, 1.165) is 11.4 Å². The molecule has 0 radical (unpaired) electrons. The molecule has 0 bridgehead atoms. The number of para-hydroxylation sites is 3. The molecular formula is C54H35N3. The largest absolute Gasteiger partial charge is 0.309 e. The molecule has 0 unspecified atom stereocenters. The second-order valence-electron chi connectivity index (χ2n) is 14.9. The summed E-state index contributed by atoms with van der Waals surface area (Å²) < 4.78 is 7.42. The van der Waals surface area contributed by atoms with Gasteiger partial charge in [0.25, 0.3) is 0 Å². The Morgan fingerprint density at radius 3 is 1.47 bits per heavy atom. The van der Waals surface area contributed by atoms with Crippen LogP contribution in [0.15, 0.2) is 212 Å². The Balaban J connectivity index is 1.15. The van der Waals surface area contributed by atoms with Crippen molar-refractivity contribution in [3.8, 4) is 39.3 Å². The quantitative estimate of drug-likeness (QED) is 0.168. The zero-order valence-corrected chi connectivity index (χ0v) is 31.0. The number of hydrogen-bond acceptors (Lipinski definition) is 0. The molecule has 12 rings (SSSR count). The third-order valence-electron chi connectivity index (χ3n) is 11.8. The van der Waals surface area contributed by atoms with Crippen molar-refractivity contribution in [2.75, 3.05) is 0 Å². The Bertz CT molecular complexity index is 3490. The molecule has 0 aliphatic carbocycles. The summed E-state index contributed by atoms with van der Waals surface area (Å²) in [6.07, 6.45) is 0. The minimum Gasteiger partial charge on any atom is -0.309 e. The highest BCUT2D eigenvalue weighted by Gasteiger charge is 2.23. The van der Waals surface area contributed by atoms with Crippen molar-refractivity contribution in [3.63, 3.8) is 0 Å². The van der Waals surface area contributed by atoms with Gasteiger partial charge in [-0.2, -0.15) is 0 Å². The topological polar surface area (TPSA) is 14.8 Å². The molecule has 0 aliphatic heterocycles. The summed E-state index contributed by atoms with van der Waals surface area (Å²) in [4.78, 5) is 0. The number of benzene rings is 9. The minimum atomic E-state index is 1.14. The van der Waals surface area contributed by atoms with Crippen LogP contribution in [0.25, 0.3) is 105 Å². The summed E-state index contributed by atoms with van der Waals surface area (Å²) in [6, 6.07) is 77.3. The Labute approximate surface area is 329 Å². The summed E-state index contributed by atoms with van der Waals surface area (Å²) in [5.41, 5.74) is 15.5. The van der Waals surface area contributed by atoms with Crippen molar-refractivity contribution >= 4 is 65.4 Å². The number of nitrogens with zero attached hydrogens (tertiary/aromatic N) is 3. The lowest BCUT2D eigenvalue weighted by Gasteiger charge is -2.13. The van der Waals surface area contributed by atoms with Gasteiger partial charge in [0.05, 0.1) is 38.8 Å². The van der Waals surface area contributed by atoms with E-state index < -0.39 is 0 Å². The van der Waals surface area contributed by atoms with Crippen molar-refractivity contribution < 1.29 is 0 Å². The van der Waals surface area contributed by atoms with Crippen molar-refractivity contribution in [3.05, 3.63) is 212 Å². The molecule has 0 N–H and O–H groups in total. The van der Waals surface area contributed by atoms with E-state index in [-0.39, 0.29) is 0 Å². The SMILES string of the molecule is c1ccc(-c2ccc(-n3c4ccccc4c4c(-n5c6ccccc6c6c5ccc5c7ccccc7n(-c7cccc(-c8ccccc8)c7)c56)cccc43)cc2)cc1. The van der Waals surface area contributed by atoms with Crippen LogP contribution < -0.4 is 0 Å². The van der Waals surface area contributed by atoms with E-state index in [1.54, 1.807) is 0 Å². The molecule has 3 heteroatoms. The zero-order chi connectivity index (χ0) is 37.5. The predicted molar refractivity (Wildman–Crippen MR) is 240 cm³/mol. The Morgan fingerprint density at radius 1 is 0.246 bits per heavy atom. The van der Waals surface area contributed by atoms with Gasteiger partial charge in [-0.25, -0.2) is 0 Å². The fraction of sp³-hybridized carbons (Fsp3) is 0. The minimum absolute atomic E-state index is 1.14. The molecule has 0 atom stereocenters. The van der Waals surface area contributed by atoms with Crippen LogP contribution in [0.3, 0.4) is 0 Å². The Morgan fingerprint density at radius 2 is 0.754 bits per heavy atom. The molecule has 12 aromatic rings. The summed E-state index contributed by atoms with van der Waals surface area (Å²) in [6.45, 7) is 0. The number of fused-ring (bicyclic) bond motifs is 10. The molecule has 3 aromatic heterocycles. The van der Waals surface area contributed by atoms with Gasteiger partial charge in [-0.1, -0.05) is 152 Å². The van der Waals surface area contributed by atoms with Crippen molar-refractivity contribution in [1.29, 1.82) is 0 Å². The van der Waals surface area contributed by atoms with Crippen LogP contribution in [0.4, 0.5) is 0 Å². The van der Waals surface area contributed by atoms with Gasteiger partial charge in [0, 0.05) is 43.7 Å². The molecule has 3 nitrogen and oxygen atoms in total. The van der Waals surface area contributed by atoms with Gasteiger partial charge < -0.3 is 13.7 Å². The van der Waals surface area contributed by atoms with E-state index in [4.69, 9.17) is 0 Å². The third kappa shape index (κ3) is 4.73. The van der Waals surface area contributed by atoms with Crippen LogP contribution in [-0.4, -0.2) is 13.7 Å². The van der Waals surface area contributed by atoms with Gasteiger partial charge in [-0.3, -0.25) is 0 Å². The molecule has 57 heavy (non-hydrogen) atoms. The van der Waals surface area contributed by atoms with Crippen LogP contribution >= 0.6 is 0 Å². The standard InChI is InChI=1S/C54H35N3/c1-3-15-36(16-4-1)38-29-31-40(32-30-38)55-47-25-11-8-22-44(47)52-49(55)27-14-28-50(52)57-48-26-12-9-23-45(48)53-51(57)34-33-43-42-21-7-10-24-46(42)56(54(43)53)41-20-13-19-39(35-41)37-17-5-2-6-18-37/h1-35H. The lowest BCUT2D eigenvalue weighted by molar-refractivity contribution is 1.17. The second kappa shape index (κ2) is 12.5. The molecule has 3 heterocycles. The second-order valence-corrected chi connectivity index (χ2v) is 14.9. The maximum Gasteiger partial charge on any atom is 0.0641 e. The predicted octanol–water partition coefficient (Wildman–Crippen LogP) is 14.3. The van der Waals surface area contributed by atoms with Crippen LogP contribution in [0.2, 0.25) is 0 Å². The Hall–Kier alpha value is -7.62. The van der Waals surface area contributed by atoms with Gasteiger partial charge in [-0.15, -0.1) is 0 Å². The first-order valence-electron chi connectivity index (χ1n) is 19.6. The maximum absolute atomic E-state index is 2.50. The van der Waals surface area contributed by atoms with Gasteiger partial charge in [0.15, 0.2) is 0 Å². The molecule has 0 spiro atoms. The average molecular weight is 726 g/mol. The van der Waals surface area contributed by atoms with E-state index in [1.807, 2.05) is 0 Å². The van der Waals surface area contributed by atoms with E-state index in [0.29, 0.717) is 0 Å². The molecule has 0 saturated carbocycles. The first-order valence-corrected chi connectivity index (χ1v) is 19.6. The summed E-state index contributed by atoms with van der Waals surface area (Å²) in [7, 11) is 0. The van der Waals surface area contributed by atoms with Crippen LogP contribution in [0, 0.1) is 0 Å². The fourth-order valence-corrected chi connectivity index (χ4v) is 9.39. The number of rotatable bonds is 5. The molecular weight excluding hydrogens is 691 g/mol. The van der Waals surface area contributed by atoms with Gasteiger partial charge in [-0.05, 0) is 82.9 Å². The molecule has 0 fully saturated rings. The molecule has 9 aromatic carbocycles. The molecule has 0 saturated heterocycles. The molecule has 266 valence electrons. The number of hydrogen-bond donors (Lipinski definition) is 0. The smallest absolute Gasteiger partial charge is 0.0641 e. The lowest BCUT2D eigenvalue weighted by atomic mass is 10.0. The first-order chi connectivity index (χ1) is 28.3. The molecule has 0 aliphatic rings. The van der Waals surface area contributed by atoms with E-state index in [1.165, 1.54) is 93.4 Å². The normalized spacial score (nSPS) is 11.9. The summed E-state index contributed by atoms with van der Waals surface area (Å²) in [5.74, 6) is 0. The van der Waals surface area contributed by atoms with Crippen LogP contribution in [0.5, 0.6) is 0 Å². The lowest BCUT2D eigenvalue weighted by Crippen LogP contribution is -1.97. The monoisotopic (exact) mass is 725 g/mol. The first kappa shape index (κ1) is 31.7. The maximum atomic E-state index is 2.50. The van der Waals surface area contributed by atoms with Gasteiger partial charge in [0.1, 0.15) is 0 Å². The van der Waals surface area contributed by atoms with Crippen LogP contribution in [0.1, 0.15) is 0 Å². The van der Waals surface area contributed by atoms with Crippen LogP contribution in [-0.2, 0) is 0 Å². The highest BCUT2D eigenvalue weighted by molar-refractivity contribution is 6.27. The van der Waals surface area contributed by atoms with E-state index in [2.05, 4.69) is 226 Å². The van der Waals surface area contributed by atoms with Crippen molar-refractivity contribution in [1.82, 2.24) is 13.7 Å².